The smallest absolute Gasteiger partial charge is 0.0533 e. The Labute approximate surface area is 261 Å². The Morgan fingerprint density at radius 2 is 1.34 bits per heavy atom. The molecule has 0 N–H and O–H groups in total. The first kappa shape index (κ1) is 27.7. The predicted octanol–water partition coefficient (Wildman–Crippen LogP) is 11.8. The lowest BCUT2D eigenvalue weighted by Crippen LogP contribution is -2.14. The second-order valence-corrected chi connectivity index (χ2v) is 12.2. The summed E-state index contributed by atoms with van der Waals surface area (Å²) in [6, 6.07) is 50.6. The van der Waals surface area contributed by atoms with Gasteiger partial charge in [-0.05, 0) is 75.0 Å². The standard InChI is InChI=1S/C43H37N/c1-4-31(32-14-6-5-7-15-32)18-13-29-44(42-22-12-17-34-16-8-9-19-37(34)42)36-26-23-33(24-27-36)35-25-28-39-38-20-10-11-21-40(38)43(2,3)41(39)30-35/h4-17,19-31H,1,18H2,2-3H3/b29-13+. The van der Waals surface area contributed by atoms with Crippen molar-refractivity contribution < 1.29 is 0 Å². The third kappa shape index (κ3) is 4.95. The van der Waals surface area contributed by atoms with Crippen LogP contribution in [0.15, 0.2) is 164 Å². The summed E-state index contributed by atoms with van der Waals surface area (Å²) in [5, 5.41) is 2.46. The molecule has 7 rings (SSSR count). The molecule has 0 radical (unpaired) electrons. The van der Waals surface area contributed by atoms with E-state index in [1.165, 1.54) is 55.4 Å². The van der Waals surface area contributed by atoms with Crippen molar-refractivity contribution in [1.82, 2.24) is 0 Å². The molecule has 0 aromatic heterocycles. The molecule has 0 spiro atoms. The third-order valence-corrected chi connectivity index (χ3v) is 9.25. The number of rotatable bonds is 8. The molecule has 0 heterocycles. The number of hydrogen-bond acceptors (Lipinski definition) is 1. The first-order valence-electron chi connectivity index (χ1n) is 15.5. The summed E-state index contributed by atoms with van der Waals surface area (Å²) in [6.45, 7) is 8.81. The Kier molecular flexibility index (Phi) is 7.24. The largest absolute Gasteiger partial charge is 0.317 e. The van der Waals surface area contributed by atoms with Crippen LogP contribution in [0.25, 0.3) is 33.0 Å². The van der Waals surface area contributed by atoms with Crippen LogP contribution >= 0.6 is 0 Å². The maximum absolute atomic E-state index is 4.13. The van der Waals surface area contributed by atoms with Gasteiger partial charge in [0, 0.05) is 28.6 Å². The van der Waals surface area contributed by atoms with Crippen molar-refractivity contribution in [3.8, 4) is 22.3 Å². The summed E-state index contributed by atoms with van der Waals surface area (Å²) in [5.74, 6) is 0.263. The van der Waals surface area contributed by atoms with E-state index in [0.29, 0.717) is 0 Å². The molecular formula is C43H37N. The van der Waals surface area contributed by atoms with Crippen LogP contribution in [0.1, 0.15) is 42.9 Å². The highest BCUT2D eigenvalue weighted by Gasteiger charge is 2.35. The first-order valence-corrected chi connectivity index (χ1v) is 15.5. The van der Waals surface area contributed by atoms with Crippen LogP contribution in [-0.2, 0) is 5.41 Å². The molecule has 6 aromatic rings. The lowest BCUT2D eigenvalue weighted by molar-refractivity contribution is 0.660. The molecule has 1 atom stereocenters. The fourth-order valence-electron chi connectivity index (χ4n) is 6.80. The zero-order chi connectivity index (χ0) is 30.1. The Bertz CT molecular complexity index is 1970. The number of nitrogens with zero attached hydrogens (tertiary/aromatic N) is 1. The maximum Gasteiger partial charge on any atom is 0.0533 e. The van der Waals surface area contributed by atoms with Crippen molar-refractivity contribution >= 4 is 22.1 Å². The third-order valence-electron chi connectivity index (χ3n) is 9.25. The molecule has 0 saturated carbocycles. The Morgan fingerprint density at radius 3 is 2.16 bits per heavy atom. The highest BCUT2D eigenvalue weighted by atomic mass is 15.1. The first-order chi connectivity index (χ1) is 21.5. The summed E-state index contributed by atoms with van der Waals surface area (Å²) in [4.78, 5) is 2.32. The van der Waals surface area contributed by atoms with Crippen molar-refractivity contribution in [3.05, 3.63) is 181 Å². The molecule has 0 fully saturated rings. The van der Waals surface area contributed by atoms with E-state index in [1.54, 1.807) is 0 Å². The fraction of sp³-hybridized carbons (Fsp3) is 0.116. The van der Waals surface area contributed by atoms with Gasteiger partial charge in [-0.25, -0.2) is 0 Å². The Balaban J connectivity index is 1.23. The number of allylic oxidation sites excluding steroid dienone is 2. The van der Waals surface area contributed by atoms with Gasteiger partial charge in [-0.1, -0.05) is 141 Å². The average Bonchev–Trinajstić information content (AvgIpc) is 3.31. The van der Waals surface area contributed by atoms with Crippen molar-refractivity contribution in [2.75, 3.05) is 4.90 Å². The van der Waals surface area contributed by atoms with Gasteiger partial charge in [-0.3, -0.25) is 0 Å². The van der Waals surface area contributed by atoms with Gasteiger partial charge < -0.3 is 4.90 Å². The Morgan fingerprint density at radius 1 is 0.659 bits per heavy atom. The van der Waals surface area contributed by atoms with Gasteiger partial charge in [-0.15, -0.1) is 6.58 Å². The van der Waals surface area contributed by atoms with Crippen LogP contribution in [0.3, 0.4) is 0 Å². The predicted molar refractivity (Wildman–Crippen MR) is 189 cm³/mol. The second-order valence-electron chi connectivity index (χ2n) is 12.2. The summed E-state index contributed by atoms with van der Waals surface area (Å²) >= 11 is 0. The van der Waals surface area contributed by atoms with Crippen molar-refractivity contribution in [1.29, 1.82) is 0 Å². The minimum atomic E-state index is -0.0130. The minimum absolute atomic E-state index is 0.0130. The van der Waals surface area contributed by atoms with Crippen LogP contribution in [0.4, 0.5) is 11.4 Å². The molecule has 6 aromatic carbocycles. The van der Waals surface area contributed by atoms with Crippen LogP contribution in [0, 0.1) is 0 Å². The van der Waals surface area contributed by atoms with Crippen LogP contribution in [0.2, 0.25) is 0 Å². The van der Waals surface area contributed by atoms with Crippen molar-refractivity contribution in [3.63, 3.8) is 0 Å². The monoisotopic (exact) mass is 567 g/mol. The van der Waals surface area contributed by atoms with Gasteiger partial charge in [0.1, 0.15) is 0 Å². The quantitative estimate of drug-likeness (QED) is 0.165. The van der Waals surface area contributed by atoms with E-state index in [9.17, 15) is 0 Å². The van der Waals surface area contributed by atoms with E-state index in [4.69, 9.17) is 0 Å². The zero-order valence-corrected chi connectivity index (χ0v) is 25.4. The number of hydrogen-bond donors (Lipinski definition) is 0. The van der Waals surface area contributed by atoms with Gasteiger partial charge in [0.05, 0.1) is 5.69 Å². The molecular weight excluding hydrogens is 530 g/mol. The number of benzene rings is 6. The summed E-state index contributed by atoms with van der Waals surface area (Å²) in [5.41, 5.74) is 11.6. The second kappa shape index (κ2) is 11.5. The molecule has 1 aliphatic rings. The fourth-order valence-corrected chi connectivity index (χ4v) is 6.80. The van der Waals surface area contributed by atoms with Gasteiger partial charge in [0.2, 0.25) is 0 Å². The summed E-state index contributed by atoms with van der Waals surface area (Å²) in [6.07, 6.45) is 7.42. The lowest BCUT2D eigenvalue weighted by atomic mass is 9.81. The van der Waals surface area contributed by atoms with E-state index in [1.807, 2.05) is 6.08 Å². The molecule has 0 amide bonds. The molecule has 0 bridgehead atoms. The maximum atomic E-state index is 4.13. The molecule has 1 aliphatic carbocycles. The molecule has 214 valence electrons. The van der Waals surface area contributed by atoms with Gasteiger partial charge in [-0.2, -0.15) is 0 Å². The van der Waals surface area contributed by atoms with Crippen molar-refractivity contribution in [2.24, 2.45) is 0 Å². The van der Waals surface area contributed by atoms with E-state index in [0.717, 1.165) is 12.1 Å². The summed E-state index contributed by atoms with van der Waals surface area (Å²) in [7, 11) is 0. The van der Waals surface area contributed by atoms with E-state index in [2.05, 4.69) is 177 Å². The molecule has 0 saturated heterocycles. The lowest BCUT2D eigenvalue weighted by Gasteiger charge is -2.24. The van der Waals surface area contributed by atoms with Crippen molar-refractivity contribution in [2.45, 2.75) is 31.6 Å². The minimum Gasteiger partial charge on any atom is -0.317 e. The van der Waals surface area contributed by atoms with E-state index < -0.39 is 0 Å². The van der Waals surface area contributed by atoms with E-state index in [-0.39, 0.29) is 11.3 Å². The highest BCUT2D eigenvalue weighted by molar-refractivity contribution is 5.96. The average molecular weight is 568 g/mol. The topological polar surface area (TPSA) is 3.24 Å². The molecule has 1 nitrogen and oxygen atoms in total. The van der Waals surface area contributed by atoms with Gasteiger partial charge >= 0.3 is 0 Å². The molecule has 1 heteroatoms. The molecule has 44 heavy (non-hydrogen) atoms. The molecule has 1 unspecified atom stereocenters. The van der Waals surface area contributed by atoms with Gasteiger partial charge in [0.25, 0.3) is 0 Å². The molecule has 0 aliphatic heterocycles. The van der Waals surface area contributed by atoms with Crippen LogP contribution in [0.5, 0.6) is 0 Å². The zero-order valence-electron chi connectivity index (χ0n) is 25.4. The summed E-state index contributed by atoms with van der Waals surface area (Å²) < 4.78 is 0. The normalized spacial score (nSPS) is 13.9. The van der Waals surface area contributed by atoms with Gasteiger partial charge in [0.15, 0.2) is 0 Å². The van der Waals surface area contributed by atoms with E-state index >= 15 is 0 Å². The van der Waals surface area contributed by atoms with Crippen LogP contribution < -0.4 is 4.90 Å². The Hall–Kier alpha value is -5.14. The number of fused-ring (bicyclic) bond motifs is 4. The SMILES string of the molecule is C=CC(C/C=C/N(c1ccc(-c2ccc3c(c2)C(C)(C)c2ccccc2-3)cc1)c1cccc2ccccc12)c1ccccc1. The highest BCUT2D eigenvalue weighted by Crippen LogP contribution is 2.49. The number of anilines is 2. The van der Waals surface area contributed by atoms with Crippen LogP contribution in [-0.4, -0.2) is 0 Å².